The summed E-state index contributed by atoms with van der Waals surface area (Å²) in [6.07, 6.45) is 4.47. The van der Waals surface area contributed by atoms with Crippen molar-refractivity contribution in [3.63, 3.8) is 0 Å². The molecule has 3 atom stereocenters. The van der Waals surface area contributed by atoms with Gasteiger partial charge < -0.3 is 0 Å². The van der Waals surface area contributed by atoms with Crippen LogP contribution in [0.15, 0.2) is 0 Å². The summed E-state index contributed by atoms with van der Waals surface area (Å²) >= 11 is 5.65. The number of thioether (sulfide) groups is 1. The predicted octanol–water partition coefficient (Wildman–Crippen LogP) is 3.90. The highest BCUT2D eigenvalue weighted by atomic mass is 79.9. The standard InChI is InChI=1S/C10H17BrS/c1-10(2)7-3-4-8(10)9(5-7)12-6-11/h7-9H,3-6H2,1-2H3. The molecule has 2 aliphatic rings. The summed E-state index contributed by atoms with van der Waals surface area (Å²) in [5.74, 6) is 2.03. The van der Waals surface area contributed by atoms with Gasteiger partial charge in [0.25, 0.3) is 0 Å². The minimum atomic E-state index is 0.653. The average Bonchev–Trinajstić information content (AvgIpc) is 2.41. The molecule has 12 heavy (non-hydrogen) atoms. The maximum absolute atomic E-state index is 3.53. The van der Waals surface area contributed by atoms with E-state index in [0.29, 0.717) is 5.41 Å². The van der Waals surface area contributed by atoms with E-state index < -0.39 is 0 Å². The van der Waals surface area contributed by atoms with E-state index in [4.69, 9.17) is 0 Å². The summed E-state index contributed by atoms with van der Waals surface area (Å²) in [5.41, 5.74) is 0.653. The molecule has 0 N–H and O–H groups in total. The SMILES string of the molecule is CC1(C)C2CCC1C(SCBr)C2. The quantitative estimate of drug-likeness (QED) is 0.669. The Hall–Kier alpha value is 0.830. The summed E-state index contributed by atoms with van der Waals surface area (Å²) in [7, 11) is 0. The van der Waals surface area contributed by atoms with Crippen molar-refractivity contribution in [2.45, 2.75) is 38.4 Å². The van der Waals surface area contributed by atoms with Gasteiger partial charge in [0, 0.05) is 9.91 Å². The molecule has 0 aromatic rings. The highest BCUT2D eigenvalue weighted by Crippen LogP contribution is 2.60. The van der Waals surface area contributed by atoms with Crippen LogP contribution in [-0.2, 0) is 0 Å². The van der Waals surface area contributed by atoms with Crippen LogP contribution in [0.4, 0.5) is 0 Å². The van der Waals surface area contributed by atoms with Crippen molar-refractivity contribution >= 4 is 27.7 Å². The van der Waals surface area contributed by atoms with E-state index in [1.807, 2.05) is 0 Å². The van der Waals surface area contributed by atoms with Crippen LogP contribution in [0.3, 0.4) is 0 Å². The molecule has 0 heterocycles. The fourth-order valence-electron chi connectivity index (χ4n) is 3.22. The van der Waals surface area contributed by atoms with Gasteiger partial charge in [-0.15, -0.1) is 11.8 Å². The average molecular weight is 249 g/mol. The molecule has 0 amide bonds. The van der Waals surface area contributed by atoms with Crippen LogP contribution in [0, 0.1) is 17.3 Å². The van der Waals surface area contributed by atoms with Gasteiger partial charge in [0.1, 0.15) is 0 Å². The van der Waals surface area contributed by atoms with Crippen LogP contribution in [0.5, 0.6) is 0 Å². The molecule has 3 unspecified atom stereocenters. The Bertz CT molecular complexity index is 179. The molecule has 0 spiro atoms. The van der Waals surface area contributed by atoms with E-state index in [-0.39, 0.29) is 0 Å². The molecule has 2 rings (SSSR count). The monoisotopic (exact) mass is 248 g/mol. The normalized spacial score (nSPS) is 43.8. The number of alkyl halides is 1. The van der Waals surface area contributed by atoms with E-state index in [1.165, 1.54) is 19.3 Å². The summed E-state index contributed by atoms with van der Waals surface area (Å²) in [4.78, 5) is 0. The minimum absolute atomic E-state index is 0.653. The van der Waals surface area contributed by atoms with Gasteiger partial charge in [0.15, 0.2) is 0 Å². The molecule has 2 bridgehead atoms. The number of rotatable bonds is 2. The van der Waals surface area contributed by atoms with Crippen LogP contribution in [0.1, 0.15) is 33.1 Å². The van der Waals surface area contributed by atoms with E-state index in [0.717, 1.165) is 21.7 Å². The van der Waals surface area contributed by atoms with Gasteiger partial charge >= 0.3 is 0 Å². The molecular weight excluding hydrogens is 232 g/mol. The van der Waals surface area contributed by atoms with Crippen molar-refractivity contribution in [2.75, 3.05) is 4.66 Å². The lowest BCUT2D eigenvalue weighted by molar-refractivity contribution is 0.261. The van der Waals surface area contributed by atoms with Crippen molar-refractivity contribution in [1.29, 1.82) is 0 Å². The second-order valence-electron chi connectivity index (χ2n) is 4.75. The zero-order chi connectivity index (χ0) is 8.77. The minimum Gasteiger partial charge on any atom is -0.147 e. The third-order valence-electron chi connectivity index (χ3n) is 4.08. The van der Waals surface area contributed by atoms with E-state index in [9.17, 15) is 0 Å². The molecule has 2 heteroatoms. The van der Waals surface area contributed by atoms with Crippen LogP contribution in [-0.4, -0.2) is 9.91 Å². The predicted molar refractivity (Wildman–Crippen MR) is 59.8 cm³/mol. The lowest BCUT2D eigenvalue weighted by atomic mass is 9.82. The van der Waals surface area contributed by atoms with Crippen LogP contribution in [0.25, 0.3) is 0 Å². The Morgan fingerprint density at radius 2 is 2.17 bits per heavy atom. The molecule has 0 aromatic carbocycles. The fraction of sp³-hybridized carbons (Fsp3) is 1.00. The third kappa shape index (κ3) is 1.26. The lowest BCUT2D eigenvalue weighted by Gasteiger charge is -2.25. The Morgan fingerprint density at radius 3 is 2.58 bits per heavy atom. The van der Waals surface area contributed by atoms with Crippen LogP contribution < -0.4 is 0 Å². The van der Waals surface area contributed by atoms with Crippen molar-refractivity contribution < 1.29 is 0 Å². The number of hydrogen-bond acceptors (Lipinski definition) is 1. The first kappa shape index (κ1) is 9.39. The van der Waals surface area contributed by atoms with Gasteiger partial charge in [-0.2, -0.15) is 0 Å². The molecule has 0 radical (unpaired) electrons. The maximum Gasteiger partial charge on any atom is 0.0493 e. The molecule has 0 aliphatic heterocycles. The first-order valence-electron chi connectivity index (χ1n) is 4.84. The summed E-state index contributed by atoms with van der Waals surface area (Å²) in [6, 6.07) is 0. The van der Waals surface area contributed by atoms with Gasteiger partial charge in [0.2, 0.25) is 0 Å². The molecule has 0 aromatic heterocycles. The fourth-order valence-corrected chi connectivity index (χ4v) is 5.49. The third-order valence-corrected chi connectivity index (χ3v) is 5.94. The Kier molecular flexibility index (Phi) is 2.50. The second-order valence-corrected chi connectivity index (χ2v) is 7.28. The highest BCUT2D eigenvalue weighted by Gasteiger charge is 2.52. The largest absolute Gasteiger partial charge is 0.147 e. The molecule has 2 fully saturated rings. The molecule has 0 saturated heterocycles. The van der Waals surface area contributed by atoms with Crippen LogP contribution in [0.2, 0.25) is 0 Å². The van der Waals surface area contributed by atoms with Gasteiger partial charge in [-0.3, -0.25) is 0 Å². The summed E-state index contributed by atoms with van der Waals surface area (Å²) < 4.78 is 1.12. The Balaban J connectivity index is 2.08. The van der Waals surface area contributed by atoms with Gasteiger partial charge in [-0.05, 0) is 36.5 Å². The maximum atomic E-state index is 3.53. The number of fused-ring (bicyclic) bond motifs is 2. The van der Waals surface area contributed by atoms with E-state index in [2.05, 4.69) is 41.5 Å². The summed E-state index contributed by atoms with van der Waals surface area (Å²) in [6.45, 7) is 4.95. The number of hydrogen-bond donors (Lipinski definition) is 0. The van der Waals surface area contributed by atoms with Gasteiger partial charge in [-0.25, -0.2) is 0 Å². The van der Waals surface area contributed by atoms with Crippen molar-refractivity contribution in [2.24, 2.45) is 17.3 Å². The lowest BCUT2D eigenvalue weighted by Crippen LogP contribution is -2.20. The molecular formula is C10H17BrS. The Labute approximate surface area is 88.0 Å². The highest BCUT2D eigenvalue weighted by molar-refractivity contribution is 9.11. The van der Waals surface area contributed by atoms with Gasteiger partial charge in [0.05, 0.1) is 0 Å². The second kappa shape index (κ2) is 3.20. The molecule has 70 valence electrons. The van der Waals surface area contributed by atoms with E-state index >= 15 is 0 Å². The summed E-state index contributed by atoms with van der Waals surface area (Å²) in [5, 5.41) is 0.957. The van der Waals surface area contributed by atoms with Gasteiger partial charge in [-0.1, -0.05) is 29.8 Å². The Morgan fingerprint density at radius 1 is 1.42 bits per heavy atom. The molecule has 0 nitrogen and oxygen atoms in total. The number of halogens is 1. The zero-order valence-corrected chi connectivity index (χ0v) is 10.2. The zero-order valence-electron chi connectivity index (χ0n) is 7.85. The van der Waals surface area contributed by atoms with Crippen molar-refractivity contribution in [1.82, 2.24) is 0 Å². The first-order valence-corrected chi connectivity index (χ1v) is 7.01. The topological polar surface area (TPSA) is 0 Å². The smallest absolute Gasteiger partial charge is 0.0493 e. The molecule has 2 saturated carbocycles. The van der Waals surface area contributed by atoms with Crippen molar-refractivity contribution in [3.05, 3.63) is 0 Å². The molecule has 2 aliphatic carbocycles. The first-order chi connectivity index (χ1) is 5.66. The van der Waals surface area contributed by atoms with Crippen LogP contribution >= 0.6 is 27.7 Å². The van der Waals surface area contributed by atoms with Crippen molar-refractivity contribution in [3.8, 4) is 0 Å². The van der Waals surface area contributed by atoms with E-state index in [1.54, 1.807) is 0 Å².